The van der Waals surface area contributed by atoms with Gasteiger partial charge in [-0.3, -0.25) is 9.78 Å². The van der Waals surface area contributed by atoms with Crippen LogP contribution in [0.4, 0.5) is 5.69 Å². The maximum Gasteiger partial charge on any atom is 0.244 e. The highest BCUT2D eigenvalue weighted by molar-refractivity contribution is 7.89. The molecular weight excluding hydrogens is 384 g/mol. The topological polar surface area (TPSA) is 92.3 Å². The number of sulfonamides is 1. The summed E-state index contributed by atoms with van der Waals surface area (Å²) in [6.07, 6.45) is 3.60. The first-order valence-electron chi connectivity index (χ1n) is 8.54. The number of fused-ring (bicyclic) bond motifs is 2. The third-order valence-corrected chi connectivity index (χ3v) is 8.03. The van der Waals surface area contributed by atoms with Gasteiger partial charge >= 0.3 is 0 Å². The molecule has 2 unspecified atom stereocenters. The molecule has 1 aliphatic carbocycles. The normalized spacial score (nSPS) is 24.7. The summed E-state index contributed by atoms with van der Waals surface area (Å²) in [5.41, 5.74) is 2.66. The molecule has 138 valence electrons. The summed E-state index contributed by atoms with van der Waals surface area (Å²) < 4.78 is 28.0. The number of aromatic nitrogens is 2. The fourth-order valence-corrected chi connectivity index (χ4v) is 5.99. The molecule has 2 aromatic heterocycles. The van der Waals surface area contributed by atoms with Gasteiger partial charge in [0.1, 0.15) is 4.90 Å². The van der Waals surface area contributed by atoms with Crippen molar-refractivity contribution in [2.75, 3.05) is 18.4 Å². The minimum absolute atomic E-state index is 0.0620. The number of pyridine rings is 1. The molecule has 1 saturated heterocycles. The van der Waals surface area contributed by atoms with Crippen molar-refractivity contribution in [1.82, 2.24) is 14.3 Å². The Hall–Kier alpha value is -2.36. The van der Waals surface area contributed by atoms with Crippen LogP contribution in [0.15, 0.2) is 53.1 Å². The van der Waals surface area contributed by atoms with Gasteiger partial charge in [0, 0.05) is 31.2 Å². The van der Waals surface area contributed by atoms with Gasteiger partial charge in [-0.15, -0.1) is 11.3 Å². The Morgan fingerprint density at radius 3 is 3.04 bits per heavy atom. The lowest BCUT2D eigenvalue weighted by atomic mass is 10.1. The molecule has 5 rings (SSSR count). The highest BCUT2D eigenvalue weighted by Crippen LogP contribution is 2.59. The van der Waals surface area contributed by atoms with E-state index in [-0.39, 0.29) is 23.3 Å². The third-order valence-electron chi connectivity index (χ3n) is 5.43. The molecule has 1 saturated carbocycles. The van der Waals surface area contributed by atoms with Crippen LogP contribution in [0.5, 0.6) is 0 Å². The lowest BCUT2D eigenvalue weighted by molar-refractivity contribution is -0.121. The van der Waals surface area contributed by atoms with E-state index in [0.29, 0.717) is 12.2 Å². The van der Waals surface area contributed by atoms with Crippen molar-refractivity contribution in [3.8, 4) is 0 Å². The number of carbonyl (C=O) groups is 1. The second kappa shape index (κ2) is 5.82. The summed E-state index contributed by atoms with van der Waals surface area (Å²) in [5, 5.41) is 2.95. The van der Waals surface area contributed by atoms with E-state index in [0.717, 1.165) is 16.6 Å². The first-order valence-corrected chi connectivity index (χ1v) is 10.9. The van der Waals surface area contributed by atoms with Crippen molar-refractivity contribution in [1.29, 1.82) is 0 Å². The molecule has 1 N–H and O–H groups in total. The quantitative estimate of drug-likeness (QED) is 0.726. The van der Waals surface area contributed by atoms with Crippen LogP contribution >= 0.6 is 11.3 Å². The summed E-state index contributed by atoms with van der Waals surface area (Å²) in [6, 6.07) is 8.75. The summed E-state index contributed by atoms with van der Waals surface area (Å²) in [6.45, 7) is 0.579. The predicted octanol–water partition coefficient (Wildman–Crippen LogP) is 2.34. The van der Waals surface area contributed by atoms with Crippen LogP contribution in [-0.2, 0) is 14.8 Å². The molecule has 0 spiro atoms. The molecule has 0 radical (unpaired) electrons. The largest absolute Gasteiger partial charge is 0.325 e. The minimum Gasteiger partial charge on any atom is -0.325 e. The number of rotatable bonds is 4. The Bertz CT molecular complexity index is 1150. The van der Waals surface area contributed by atoms with Gasteiger partial charge in [0.2, 0.25) is 15.9 Å². The fraction of sp³-hybridized carbons (Fsp3) is 0.278. The van der Waals surface area contributed by atoms with Crippen LogP contribution in [0.25, 0.3) is 10.2 Å². The van der Waals surface area contributed by atoms with Gasteiger partial charge in [-0.05, 0) is 42.7 Å². The first kappa shape index (κ1) is 16.8. The van der Waals surface area contributed by atoms with E-state index in [1.807, 2.05) is 18.2 Å². The van der Waals surface area contributed by atoms with Crippen molar-refractivity contribution in [2.24, 2.45) is 11.3 Å². The number of amides is 1. The standard InChI is InChI=1S/C18H16N4O3S2/c23-17(21-13-3-4-16-15(6-13)20-11-26-16)18-7-12(18)9-22(10-18)27(24,25)14-2-1-5-19-8-14/h1-6,8,11-12H,7,9-10H2,(H,21,23). The summed E-state index contributed by atoms with van der Waals surface area (Å²) in [7, 11) is -3.62. The highest BCUT2D eigenvalue weighted by atomic mass is 32.2. The van der Waals surface area contributed by atoms with Gasteiger partial charge < -0.3 is 5.32 Å². The second-order valence-corrected chi connectivity index (χ2v) is 9.86. The van der Waals surface area contributed by atoms with Crippen LogP contribution < -0.4 is 5.32 Å². The van der Waals surface area contributed by atoms with Crippen molar-refractivity contribution in [2.45, 2.75) is 11.3 Å². The average molecular weight is 400 g/mol. The van der Waals surface area contributed by atoms with Crippen LogP contribution in [0.1, 0.15) is 6.42 Å². The molecule has 1 aliphatic heterocycles. The molecule has 0 bridgehead atoms. The van der Waals surface area contributed by atoms with E-state index in [1.165, 1.54) is 22.8 Å². The number of thiazole rings is 1. The zero-order valence-corrected chi connectivity index (χ0v) is 15.8. The lowest BCUT2D eigenvalue weighted by Crippen LogP contribution is -2.35. The number of piperidine rings is 1. The van der Waals surface area contributed by atoms with Crippen LogP contribution in [0.2, 0.25) is 0 Å². The van der Waals surface area contributed by atoms with Gasteiger partial charge in [0.05, 0.1) is 21.1 Å². The number of nitrogens with zero attached hydrogens (tertiary/aromatic N) is 3. The smallest absolute Gasteiger partial charge is 0.244 e. The molecule has 1 amide bonds. The van der Waals surface area contributed by atoms with E-state index < -0.39 is 15.4 Å². The fourth-order valence-electron chi connectivity index (χ4n) is 3.81. The van der Waals surface area contributed by atoms with Gasteiger partial charge in [-0.1, -0.05) is 0 Å². The lowest BCUT2D eigenvalue weighted by Gasteiger charge is -2.20. The van der Waals surface area contributed by atoms with Crippen LogP contribution in [0, 0.1) is 11.3 Å². The molecule has 3 aromatic rings. The van der Waals surface area contributed by atoms with Gasteiger partial charge in [0.15, 0.2) is 0 Å². The number of hydrogen-bond acceptors (Lipinski definition) is 6. The monoisotopic (exact) mass is 400 g/mol. The molecule has 2 atom stereocenters. The molecule has 1 aromatic carbocycles. The Labute approximate surface area is 160 Å². The van der Waals surface area contributed by atoms with E-state index >= 15 is 0 Å². The molecule has 3 heterocycles. The number of nitrogens with one attached hydrogen (secondary N) is 1. The summed E-state index contributed by atoms with van der Waals surface area (Å²) >= 11 is 1.55. The number of benzene rings is 1. The number of carbonyl (C=O) groups excluding carboxylic acids is 1. The maximum absolute atomic E-state index is 12.9. The third kappa shape index (κ3) is 2.65. The first-order chi connectivity index (χ1) is 13.0. The maximum atomic E-state index is 12.9. The van der Waals surface area contributed by atoms with Gasteiger partial charge in [-0.2, -0.15) is 4.31 Å². The van der Waals surface area contributed by atoms with Crippen LogP contribution in [0.3, 0.4) is 0 Å². The van der Waals surface area contributed by atoms with E-state index in [1.54, 1.807) is 22.9 Å². The molecule has 9 heteroatoms. The molecular formula is C18H16N4O3S2. The molecule has 2 aliphatic rings. The number of hydrogen-bond donors (Lipinski definition) is 1. The molecule has 27 heavy (non-hydrogen) atoms. The average Bonchev–Trinajstić information content (AvgIpc) is 3.03. The zero-order valence-electron chi connectivity index (χ0n) is 14.2. The van der Waals surface area contributed by atoms with E-state index in [2.05, 4.69) is 15.3 Å². The minimum atomic E-state index is -3.62. The Kier molecular flexibility index (Phi) is 3.62. The predicted molar refractivity (Wildman–Crippen MR) is 102 cm³/mol. The highest BCUT2D eigenvalue weighted by Gasteiger charge is 2.66. The Balaban J connectivity index is 1.35. The SMILES string of the molecule is O=C(Nc1ccc2scnc2c1)C12CC1CN(S(=O)(=O)c1cccnc1)C2. The van der Waals surface area contributed by atoms with E-state index in [9.17, 15) is 13.2 Å². The van der Waals surface area contributed by atoms with Crippen molar-refractivity contribution < 1.29 is 13.2 Å². The van der Waals surface area contributed by atoms with Crippen molar-refractivity contribution >= 4 is 43.2 Å². The van der Waals surface area contributed by atoms with Crippen molar-refractivity contribution in [3.05, 3.63) is 48.2 Å². The second-order valence-electron chi connectivity index (χ2n) is 7.03. The van der Waals surface area contributed by atoms with Gasteiger partial charge in [0.25, 0.3) is 0 Å². The number of anilines is 1. The van der Waals surface area contributed by atoms with Crippen molar-refractivity contribution in [3.63, 3.8) is 0 Å². The summed E-state index contributed by atoms with van der Waals surface area (Å²) in [4.78, 5) is 21.2. The molecule has 2 fully saturated rings. The summed E-state index contributed by atoms with van der Waals surface area (Å²) in [5.74, 6) is -0.0575. The molecule has 7 nitrogen and oxygen atoms in total. The van der Waals surface area contributed by atoms with E-state index in [4.69, 9.17) is 0 Å². The zero-order chi connectivity index (χ0) is 18.6. The van der Waals surface area contributed by atoms with Gasteiger partial charge in [-0.25, -0.2) is 13.4 Å². The Morgan fingerprint density at radius 2 is 2.22 bits per heavy atom. The van der Waals surface area contributed by atoms with Crippen LogP contribution in [-0.4, -0.2) is 41.7 Å². The Morgan fingerprint density at radius 1 is 1.33 bits per heavy atom.